The van der Waals surface area contributed by atoms with Crippen molar-refractivity contribution in [1.82, 2.24) is 9.99 Å². The number of aromatic nitrogens is 1. The average Bonchev–Trinajstić information content (AvgIpc) is 3.10. The van der Waals surface area contributed by atoms with Crippen molar-refractivity contribution in [3.63, 3.8) is 0 Å². The molecule has 2 heterocycles. The van der Waals surface area contributed by atoms with E-state index in [0.717, 1.165) is 17.3 Å². The maximum Gasteiger partial charge on any atom is 0.435 e. The van der Waals surface area contributed by atoms with E-state index in [0.29, 0.717) is 18.5 Å². The number of aliphatic hydroxyl groups excluding tert-OH is 1. The zero-order valence-corrected chi connectivity index (χ0v) is 13.2. The summed E-state index contributed by atoms with van der Waals surface area (Å²) >= 11 is 0. The van der Waals surface area contributed by atoms with Gasteiger partial charge in [-0.15, -0.1) is 0 Å². The molecule has 2 aromatic rings. The Morgan fingerprint density at radius 2 is 2.00 bits per heavy atom. The second-order valence-electron chi connectivity index (χ2n) is 5.68. The van der Waals surface area contributed by atoms with Crippen LogP contribution in [0.1, 0.15) is 18.4 Å². The molecule has 1 aliphatic rings. The van der Waals surface area contributed by atoms with E-state index in [1.807, 2.05) is 22.1 Å². The predicted molar refractivity (Wildman–Crippen MR) is 87.9 cm³/mol. The average molecular weight is 351 g/mol. The summed E-state index contributed by atoms with van der Waals surface area (Å²) in [5.41, 5.74) is 1.54. The van der Waals surface area contributed by atoms with Gasteiger partial charge in [-0.1, -0.05) is 18.2 Å². The van der Waals surface area contributed by atoms with Crippen LogP contribution in [0.4, 0.5) is 13.2 Å². The number of nitrogens with one attached hydrogen (secondary N) is 1. The Hall–Kier alpha value is -2.61. The lowest BCUT2D eigenvalue weighted by Crippen LogP contribution is -2.24. The minimum atomic E-state index is -4.70. The van der Waals surface area contributed by atoms with Crippen molar-refractivity contribution in [2.75, 3.05) is 6.61 Å². The first kappa shape index (κ1) is 17.2. The van der Waals surface area contributed by atoms with E-state index in [1.165, 1.54) is 6.08 Å². The number of halogens is 3. The summed E-state index contributed by atoms with van der Waals surface area (Å²) < 4.78 is 41.0. The number of aryl methyl sites for hydroxylation is 1. The lowest BCUT2D eigenvalue weighted by atomic mass is 10.1. The summed E-state index contributed by atoms with van der Waals surface area (Å²) in [7, 11) is 0. The van der Waals surface area contributed by atoms with E-state index in [-0.39, 0.29) is 6.61 Å². The van der Waals surface area contributed by atoms with Gasteiger partial charge in [0, 0.05) is 35.8 Å². The number of fused-ring (bicyclic) bond motifs is 1. The summed E-state index contributed by atoms with van der Waals surface area (Å²) in [6, 6.07) is 7.29. The molecule has 5 nitrogen and oxygen atoms in total. The third-order valence-corrected chi connectivity index (χ3v) is 3.96. The fourth-order valence-electron chi connectivity index (χ4n) is 2.81. The van der Waals surface area contributed by atoms with Gasteiger partial charge in [0.25, 0.3) is 5.91 Å². The van der Waals surface area contributed by atoms with E-state index >= 15 is 0 Å². The number of nitrogens with zero attached hydrogens (tertiary/aromatic N) is 2. The first-order chi connectivity index (χ1) is 11.9. The van der Waals surface area contributed by atoms with Crippen molar-refractivity contribution < 1.29 is 23.1 Å². The Balaban J connectivity index is 2.04. The van der Waals surface area contributed by atoms with Gasteiger partial charge in [-0.05, 0) is 25.0 Å². The summed E-state index contributed by atoms with van der Waals surface area (Å²) in [5, 5.41) is 12.8. The number of rotatable bonds is 5. The van der Waals surface area contributed by atoms with E-state index in [2.05, 4.69) is 5.10 Å². The highest BCUT2D eigenvalue weighted by Gasteiger charge is 2.43. The van der Waals surface area contributed by atoms with Crippen LogP contribution in [0.3, 0.4) is 0 Å². The second kappa shape index (κ2) is 6.72. The highest BCUT2D eigenvalue weighted by molar-refractivity contribution is 6.29. The zero-order chi connectivity index (χ0) is 18.0. The first-order valence-electron chi connectivity index (χ1n) is 7.78. The Morgan fingerprint density at radius 3 is 2.72 bits per heavy atom. The molecule has 0 spiro atoms. The molecule has 0 atom stereocenters. The van der Waals surface area contributed by atoms with Crippen molar-refractivity contribution in [3.05, 3.63) is 41.6 Å². The van der Waals surface area contributed by atoms with Crippen LogP contribution < -0.4 is 5.43 Å². The van der Waals surface area contributed by atoms with Gasteiger partial charge in [-0.25, -0.2) is 5.43 Å². The van der Waals surface area contributed by atoms with Crippen molar-refractivity contribution >= 4 is 28.6 Å². The highest BCUT2D eigenvalue weighted by atomic mass is 19.4. The minimum Gasteiger partial charge on any atom is -0.396 e. The minimum absolute atomic E-state index is 0.0850. The molecule has 1 aromatic carbocycles. The van der Waals surface area contributed by atoms with Crippen molar-refractivity contribution in [2.45, 2.75) is 25.6 Å². The van der Waals surface area contributed by atoms with Gasteiger partial charge >= 0.3 is 6.18 Å². The van der Waals surface area contributed by atoms with E-state index in [9.17, 15) is 18.0 Å². The molecule has 0 bridgehead atoms. The largest absolute Gasteiger partial charge is 0.435 e. The van der Waals surface area contributed by atoms with Gasteiger partial charge < -0.3 is 9.67 Å². The van der Waals surface area contributed by atoms with Crippen molar-refractivity contribution in [3.8, 4) is 0 Å². The van der Waals surface area contributed by atoms with Crippen molar-refractivity contribution in [1.29, 1.82) is 0 Å². The molecule has 0 saturated heterocycles. The quantitative estimate of drug-likeness (QED) is 0.643. The standard InChI is InChI=1S/C17H16F3N3O2/c18-17(19,20)15-13(16(25)22-21-15)9-11-10-23(7-3-4-8-24)14-6-2-1-5-12(11)14/h1-2,5-6,9-10,24H,3-4,7-8H2,(H,22,25)/b13-9+. The van der Waals surface area contributed by atoms with E-state index in [4.69, 9.17) is 5.11 Å². The van der Waals surface area contributed by atoms with Gasteiger partial charge in [-0.2, -0.15) is 18.3 Å². The van der Waals surface area contributed by atoms with Crippen LogP contribution in [0.25, 0.3) is 17.0 Å². The highest BCUT2D eigenvalue weighted by Crippen LogP contribution is 2.29. The molecular weight excluding hydrogens is 335 g/mol. The number of aliphatic hydroxyl groups is 1. The van der Waals surface area contributed by atoms with E-state index < -0.39 is 23.4 Å². The second-order valence-corrected chi connectivity index (χ2v) is 5.68. The van der Waals surface area contributed by atoms with Crippen LogP contribution in [-0.4, -0.2) is 34.1 Å². The topological polar surface area (TPSA) is 66.6 Å². The summed E-state index contributed by atoms with van der Waals surface area (Å²) in [5.74, 6) is -0.871. The van der Waals surface area contributed by atoms with Crippen LogP contribution in [-0.2, 0) is 11.3 Å². The summed E-state index contributed by atoms with van der Waals surface area (Å²) in [4.78, 5) is 11.8. The number of benzene rings is 1. The Labute approximate surface area is 141 Å². The Morgan fingerprint density at radius 1 is 1.24 bits per heavy atom. The number of hydrazone groups is 1. The Kier molecular flexibility index (Phi) is 4.63. The molecule has 0 unspecified atom stereocenters. The van der Waals surface area contributed by atoms with Gasteiger partial charge in [0.2, 0.25) is 0 Å². The predicted octanol–water partition coefficient (Wildman–Crippen LogP) is 2.85. The molecule has 1 aromatic heterocycles. The third kappa shape index (κ3) is 3.43. The number of amides is 1. The van der Waals surface area contributed by atoms with Crippen molar-refractivity contribution in [2.24, 2.45) is 5.10 Å². The van der Waals surface area contributed by atoms with Gasteiger partial charge in [0.05, 0.1) is 5.57 Å². The van der Waals surface area contributed by atoms with Gasteiger partial charge in [-0.3, -0.25) is 4.79 Å². The number of para-hydroxylation sites is 1. The molecule has 1 aliphatic heterocycles. The number of hydrogen-bond donors (Lipinski definition) is 2. The molecule has 3 rings (SSSR count). The number of carbonyl (C=O) groups is 1. The molecule has 0 fully saturated rings. The lowest BCUT2D eigenvalue weighted by molar-refractivity contribution is -0.116. The van der Waals surface area contributed by atoms with Gasteiger partial charge in [0.15, 0.2) is 5.71 Å². The van der Waals surface area contributed by atoms with Gasteiger partial charge in [0.1, 0.15) is 0 Å². The van der Waals surface area contributed by atoms with E-state index in [1.54, 1.807) is 18.3 Å². The van der Waals surface area contributed by atoms with Crippen LogP contribution in [0.2, 0.25) is 0 Å². The zero-order valence-electron chi connectivity index (χ0n) is 13.2. The molecule has 8 heteroatoms. The van der Waals surface area contributed by atoms with Crippen LogP contribution >= 0.6 is 0 Å². The molecule has 1 amide bonds. The molecule has 132 valence electrons. The fraction of sp³-hybridized carbons (Fsp3) is 0.294. The Bertz CT molecular complexity index is 866. The molecule has 0 saturated carbocycles. The number of hydrogen-bond acceptors (Lipinski definition) is 3. The van der Waals surface area contributed by atoms with Crippen LogP contribution in [0.15, 0.2) is 41.1 Å². The number of unbranched alkanes of at least 4 members (excludes halogenated alkanes) is 1. The molecule has 25 heavy (non-hydrogen) atoms. The SMILES string of the molecule is O=C1NN=C(C(F)(F)F)/C1=C\c1cn(CCCCO)c2ccccc12. The molecule has 0 radical (unpaired) electrons. The first-order valence-corrected chi connectivity index (χ1v) is 7.78. The maximum atomic E-state index is 13.0. The third-order valence-electron chi connectivity index (χ3n) is 3.96. The molecule has 2 N–H and O–H groups in total. The molecular formula is C17H16F3N3O2. The number of alkyl halides is 3. The normalized spacial score (nSPS) is 16.6. The fourth-order valence-corrected chi connectivity index (χ4v) is 2.81. The maximum absolute atomic E-state index is 13.0. The number of carbonyl (C=O) groups excluding carboxylic acids is 1. The van der Waals surface area contributed by atoms with Crippen LogP contribution in [0.5, 0.6) is 0 Å². The van der Waals surface area contributed by atoms with Crippen LogP contribution in [0, 0.1) is 0 Å². The summed E-state index contributed by atoms with van der Waals surface area (Å²) in [6.45, 7) is 0.707. The molecule has 0 aliphatic carbocycles. The smallest absolute Gasteiger partial charge is 0.396 e. The monoisotopic (exact) mass is 351 g/mol. The lowest BCUT2D eigenvalue weighted by Gasteiger charge is -2.05. The summed E-state index contributed by atoms with van der Waals surface area (Å²) in [6.07, 6.45) is -0.393.